The van der Waals surface area contributed by atoms with Crippen molar-refractivity contribution in [3.8, 4) is 6.07 Å². The number of piperazine rings is 1. The lowest BCUT2D eigenvalue weighted by Crippen LogP contribution is -2.49. The molecular weight excluding hydrogens is 236 g/mol. The molecule has 1 aromatic heterocycles. The third-order valence-electron chi connectivity index (χ3n) is 2.94. The Bertz CT molecular complexity index is 466. The van der Waals surface area contributed by atoms with E-state index < -0.39 is 0 Å². The first-order valence-electron chi connectivity index (χ1n) is 5.67. The molecule has 0 saturated carbocycles. The minimum Gasteiger partial charge on any atom is -0.353 e. The average molecular weight is 251 g/mol. The second-order valence-electron chi connectivity index (χ2n) is 4.34. The fourth-order valence-electron chi connectivity index (χ4n) is 2.03. The van der Waals surface area contributed by atoms with E-state index in [4.69, 9.17) is 16.9 Å². The Morgan fingerprint density at radius 2 is 2.41 bits per heavy atom. The van der Waals surface area contributed by atoms with E-state index in [-0.39, 0.29) is 0 Å². The highest BCUT2D eigenvalue weighted by atomic mass is 35.5. The van der Waals surface area contributed by atoms with Gasteiger partial charge in [0, 0.05) is 25.7 Å². The van der Waals surface area contributed by atoms with Crippen molar-refractivity contribution in [2.45, 2.75) is 19.9 Å². The summed E-state index contributed by atoms with van der Waals surface area (Å²) < 4.78 is 0. The number of halogens is 1. The van der Waals surface area contributed by atoms with Crippen LogP contribution in [0, 0.1) is 18.3 Å². The Balaban J connectivity index is 2.32. The maximum atomic E-state index is 8.91. The van der Waals surface area contributed by atoms with Gasteiger partial charge in [0.15, 0.2) is 0 Å². The molecule has 0 unspecified atom stereocenters. The number of nitrogens with zero attached hydrogens (tertiary/aromatic N) is 3. The van der Waals surface area contributed by atoms with Gasteiger partial charge in [-0.2, -0.15) is 5.26 Å². The summed E-state index contributed by atoms with van der Waals surface area (Å²) in [6, 6.07) is 4.23. The van der Waals surface area contributed by atoms with E-state index >= 15 is 0 Å². The van der Waals surface area contributed by atoms with Crippen LogP contribution in [0.4, 0.5) is 5.82 Å². The van der Waals surface area contributed by atoms with Gasteiger partial charge >= 0.3 is 0 Å². The van der Waals surface area contributed by atoms with Crippen LogP contribution in [0.25, 0.3) is 0 Å². The SMILES string of the molecule is Cc1nc(N2CCN[C@@H](C)C2)c(Cl)cc1C#N. The summed E-state index contributed by atoms with van der Waals surface area (Å²) in [7, 11) is 0. The molecule has 90 valence electrons. The minimum atomic E-state index is 0.428. The van der Waals surface area contributed by atoms with Gasteiger partial charge in [-0.3, -0.25) is 0 Å². The minimum absolute atomic E-state index is 0.428. The summed E-state index contributed by atoms with van der Waals surface area (Å²) in [5.74, 6) is 0.788. The molecule has 0 spiro atoms. The summed E-state index contributed by atoms with van der Waals surface area (Å²) in [6.45, 7) is 6.68. The van der Waals surface area contributed by atoms with Gasteiger partial charge in [0.2, 0.25) is 0 Å². The monoisotopic (exact) mass is 250 g/mol. The highest BCUT2D eigenvalue weighted by Gasteiger charge is 2.20. The summed E-state index contributed by atoms with van der Waals surface area (Å²) in [6.07, 6.45) is 0. The Morgan fingerprint density at radius 3 is 3.06 bits per heavy atom. The normalized spacial score (nSPS) is 20.1. The van der Waals surface area contributed by atoms with E-state index in [0.717, 1.165) is 31.1 Å². The molecule has 5 heteroatoms. The predicted molar refractivity (Wildman–Crippen MR) is 68.4 cm³/mol. The molecule has 0 amide bonds. The van der Waals surface area contributed by atoms with E-state index in [1.54, 1.807) is 6.07 Å². The van der Waals surface area contributed by atoms with Crippen LogP contribution in [0.2, 0.25) is 5.02 Å². The van der Waals surface area contributed by atoms with E-state index in [1.807, 2.05) is 6.92 Å². The molecule has 1 aromatic rings. The molecule has 1 aliphatic heterocycles. The van der Waals surface area contributed by atoms with Crippen molar-refractivity contribution in [2.24, 2.45) is 0 Å². The van der Waals surface area contributed by atoms with Gasteiger partial charge in [0.25, 0.3) is 0 Å². The van der Waals surface area contributed by atoms with Crippen molar-refractivity contribution >= 4 is 17.4 Å². The number of hydrogen-bond acceptors (Lipinski definition) is 4. The fraction of sp³-hybridized carbons (Fsp3) is 0.500. The molecule has 4 nitrogen and oxygen atoms in total. The summed E-state index contributed by atoms with van der Waals surface area (Å²) in [5, 5.41) is 12.8. The number of rotatable bonds is 1. The predicted octanol–water partition coefficient (Wildman–Crippen LogP) is 1.71. The molecule has 1 atom stereocenters. The van der Waals surface area contributed by atoms with Crippen molar-refractivity contribution in [1.29, 1.82) is 5.26 Å². The van der Waals surface area contributed by atoms with Crippen LogP contribution in [-0.2, 0) is 0 Å². The van der Waals surface area contributed by atoms with Gasteiger partial charge in [-0.25, -0.2) is 4.98 Å². The first-order chi connectivity index (χ1) is 8.11. The maximum absolute atomic E-state index is 8.91. The molecule has 0 aliphatic carbocycles. The Morgan fingerprint density at radius 1 is 1.65 bits per heavy atom. The van der Waals surface area contributed by atoms with Crippen LogP contribution in [-0.4, -0.2) is 30.7 Å². The van der Waals surface area contributed by atoms with Crippen molar-refractivity contribution in [2.75, 3.05) is 24.5 Å². The zero-order valence-electron chi connectivity index (χ0n) is 10.00. The molecule has 2 rings (SSSR count). The number of anilines is 1. The van der Waals surface area contributed by atoms with E-state index in [2.05, 4.69) is 28.2 Å². The number of nitriles is 1. The van der Waals surface area contributed by atoms with Crippen LogP contribution in [0.1, 0.15) is 18.2 Å². The maximum Gasteiger partial charge on any atom is 0.147 e. The Labute approximate surface area is 106 Å². The summed E-state index contributed by atoms with van der Waals surface area (Å²) in [4.78, 5) is 6.61. The first kappa shape index (κ1) is 12.2. The zero-order chi connectivity index (χ0) is 12.4. The van der Waals surface area contributed by atoms with E-state index in [0.29, 0.717) is 16.6 Å². The third-order valence-corrected chi connectivity index (χ3v) is 3.21. The van der Waals surface area contributed by atoms with E-state index in [1.165, 1.54) is 0 Å². The number of pyridine rings is 1. The molecule has 17 heavy (non-hydrogen) atoms. The molecule has 1 aliphatic rings. The van der Waals surface area contributed by atoms with Gasteiger partial charge in [0.05, 0.1) is 16.3 Å². The lowest BCUT2D eigenvalue weighted by Gasteiger charge is -2.33. The number of aryl methyl sites for hydroxylation is 1. The molecule has 2 heterocycles. The number of nitrogens with one attached hydrogen (secondary N) is 1. The number of hydrogen-bond donors (Lipinski definition) is 1. The third kappa shape index (κ3) is 2.51. The van der Waals surface area contributed by atoms with Gasteiger partial charge in [-0.1, -0.05) is 11.6 Å². The van der Waals surface area contributed by atoms with E-state index in [9.17, 15) is 0 Å². The van der Waals surface area contributed by atoms with Gasteiger partial charge in [-0.05, 0) is 19.9 Å². The van der Waals surface area contributed by atoms with Crippen molar-refractivity contribution in [3.05, 3.63) is 22.3 Å². The van der Waals surface area contributed by atoms with Crippen LogP contribution in [0.3, 0.4) is 0 Å². The molecule has 0 bridgehead atoms. The van der Waals surface area contributed by atoms with Crippen LogP contribution in [0.15, 0.2) is 6.07 Å². The van der Waals surface area contributed by atoms with Gasteiger partial charge < -0.3 is 10.2 Å². The molecular formula is C12H15ClN4. The van der Waals surface area contributed by atoms with Crippen LogP contribution >= 0.6 is 11.6 Å². The topological polar surface area (TPSA) is 52.0 Å². The van der Waals surface area contributed by atoms with Crippen molar-refractivity contribution in [3.63, 3.8) is 0 Å². The van der Waals surface area contributed by atoms with Crippen molar-refractivity contribution < 1.29 is 0 Å². The lowest BCUT2D eigenvalue weighted by atomic mass is 10.2. The average Bonchev–Trinajstić information content (AvgIpc) is 2.31. The standard InChI is InChI=1S/C12H15ClN4/c1-8-7-17(4-3-15-8)12-11(13)5-10(6-14)9(2)16-12/h5,8,15H,3-4,7H2,1-2H3/t8-/m0/s1. The van der Waals surface area contributed by atoms with Gasteiger partial charge in [-0.15, -0.1) is 0 Å². The summed E-state index contributed by atoms with van der Waals surface area (Å²) >= 11 is 6.19. The first-order valence-corrected chi connectivity index (χ1v) is 6.05. The van der Waals surface area contributed by atoms with Crippen molar-refractivity contribution in [1.82, 2.24) is 10.3 Å². The molecule has 0 aromatic carbocycles. The largest absolute Gasteiger partial charge is 0.353 e. The fourth-order valence-corrected chi connectivity index (χ4v) is 2.30. The molecule has 1 fully saturated rings. The molecule has 1 saturated heterocycles. The molecule has 0 radical (unpaired) electrons. The van der Waals surface area contributed by atoms with Crippen LogP contribution in [0.5, 0.6) is 0 Å². The Hall–Kier alpha value is -1.31. The highest BCUT2D eigenvalue weighted by molar-refractivity contribution is 6.33. The smallest absolute Gasteiger partial charge is 0.147 e. The number of aromatic nitrogens is 1. The van der Waals surface area contributed by atoms with Gasteiger partial charge in [0.1, 0.15) is 11.9 Å². The summed E-state index contributed by atoms with van der Waals surface area (Å²) in [5.41, 5.74) is 1.28. The second-order valence-corrected chi connectivity index (χ2v) is 4.75. The van der Waals surface area contributed by atoms with Crippen LogP contribution < -0.4 is 10.2 Å². The lowest BCUT2D eigenvalue weighted by molar-refractivity contribution is 0.482. The zero-order valence-corrected chi connectivity index (χ0v) is 10.8. The highest BCUT2D eigenvalue weighted by Crippen LogP contribution is 2.26. The second kappa shape index (κ2) is 4.91. The quantitative estimate of drug-likeness (QED) is 0.825. The Kier molecular flexibility index (Phi) is 3.51. The molecule has 1 N–H and O–H groups in total.